The van der Waals surface area contributed by atoms with E-state index in [1.807, 2.05) is 0 Å². The molecule has 0 amide bonds. The highest BCUT2D eigenvalue weighted by atomic mass is 35.5. The van der Waals surface area contributed by atoms with E-state index in [9.17, 15) is 12.8 Å². The molecule has 0 aliphatic rings. The fraction of sp³-hybridized carbons (Fsp3) is 0.200. The van der Waals surface area contributed by atoms with Gasteiger partial charge < -0.3 is 25.8 Å². The summed E-state index contributed by atoms with van der Waals surface area (Å²) in [4.78, 5) is 8.34. The number of anilines is 5. The second-order valence-electron chi connectivity index (χ2n) is 6.70. The Hall–Kier alpha value is -3.35. The highest BCUT2D eigenvalue weighted by molar-refractivity contribution is 7.92. The van der Waals surface area contributed by atoms with Crippen LogP contribution < -0.4 is 30.6 Å². The van der Waals surface area contributed by atoms with Gasteiger partial charge in [0.1, 0.15) is 28.9 Å². The average molecular weight is 497 g/mol. The molecule has 0 saturated heterocycles. The Bertz CT molecular complexity index is 1250. The van der Waals surface area contributed by atoms with Gasteiger partial charge in [0.05, 0.1) is 36.6 Å². The predicted molar refractivity (Wildman–Crippen MR) is 126 cm³/mol. The number of halogens is 2. The van der Waals surface area contributed by atoms with Crippen molar-refractivity contribution in [1.82, 2.24) is 9.97 Å². The summed E-state index contributed by atoms with van der Waals surface area (Å²) in [6.07, 6.45) is 2.34. The number of ether oxygens (including phenoxy) is 2. The third-order valence-electron chi connectivity index (χ3n) is 4.09. The van der Waals surface area contributed by atoms with Crippen LogP contribution in [0.4, 0.5) is 33.2 Å². The summed E-state index contributed by atoms with van der Waals surface area (Å²) >= 11 is 6.22. The van der Waals surface area contributed by atoms with Crippen LogP contribution in [0.3, 0.4) is 0 Å². The van der Waals surface area contributed by atoms with Crippen LogP contribution in [0.2, 0.25) is 5.02 Å². The van der Waals surface area contributed by atoms with Crippen LogP contribution in [0.1, 0.15) is 0 Å². The molecule has 33 heavy (non-hydrogen) atoms. The zero-order valence-electron chi connectivity index (χ0n) is 17.7. The first kappa shape index (κ1) is 24.3. The molecule has 13 heteroatoms. The van der Waals surface area contributed by atoms with Crippen molar-refractivity contribution in [2.24, 2.45) is 5.73 Å². The standard InChI is InChI=1S/C20H22ClFN6O4S/c1-31-12-4-6-16(18(9-12)28-33(2,29)30)25-19-14(21)11-24-20(27-19)26-17-10-13(32-8-7-23)3-5-15(17)22/h3-6,9-11,28H,7-8,23H2,1-2H3,(H2,24,25,26,27). The lowest BCUT2D eigenvalue weighted by Gasteiger charge is -2.15. The van der Waals surface area contributed by atoms with Gasteiger partial charge in [-0.15, -0.1) is 0 Å². The van der Waals surface area contributed by atoms with Gasteiger partial charge in [-0.2, -0.15) is 4.98 Å². The number of methoxy groups -OCH3 is 1. The molecular weight excluding hydrogens is 475 g/mol. The topological polar surface area (TPSA) is 140 Å². The Morgan fingerprint density at radius 2 is 1.82 bits per heavy atom. The molecule has 5 N–H and O–H groups in total. The minimum atomic E-state index is -3.58. The van der Waals surface area contributed by atoms with Crippen LogP contribution in [0.25, 0.3) is 0 Å². The van der Waals surface area contributed by atoms with Gasteiger partial charge >= 0.3 is 0 Å². The van der Waals surface area contributed by atoms with E-state index in [1.54, 1.807) is 12.1 Å². The van der Waals surface area contributed by atoms with Crippen LogP contribution in [-0.4, -0.2) is 44.9 Å². The summed E-state index contributed by atoms with van der Waals surface area (Å²) in [5.74, 6) is 0.522. The van der Waals surface area contributed by atoms with Gasteiger partial charge in [0, 0.05) is 18.7 Å². The quantitative estimate of drug-likeness (QED) is 0.332. The van der Waals surface area contributed by atoms with Crippen LogP contribution in [-0.2, 0) is 10.0 Å². The molecule has 0 spiro atoms. The van der Waals surface area contributed by atoms with Gasteiger partial charge in [0.2, 0.25) is 16.0 Å². The fourth-order valence-electron chi connectivity index (χ4n) is 2.67. The van der Waals surface area contributed by atoms with E-state index in [-0.39, 0.29) is 34.8 Å². The lowest BCUT2D eigenvalue weighted by molar-refractivity contribution is 0.328. The highest BCUT2D eigenvalue weighted by Gasteiger charge is 2.14. The number of nitrogens with two attached hydrogens (primary N) is 1. The first-order valence-electron chi connectivity index (χ1n) is 9.53. The molecule has 0 bridgehead atoms. The van der Waals surface area contributed by atoms with E-state index in [1.165, 1.54) is 37.6 Å². The van der Waals surface area contributed by atoms with E-state index in [4.69, 9.17) is 26.8 Å². The van der Waals surface area contributed by atoms with Gasteiger partial charge in [0.15, 0.2) is 5.82 Å². The lowest BCUT2D eigenvalue weighted by Crippen LogP contribution is -2.12. The van der Waals surface area contributed by atoms with Crippen molar-refractivity contribution in [3.63, 3.8) is 0 Å². The fourth-order valence-corrected chi connectivity index (χ4v) is 3.38. The monoisotopic (exact) mass is 496 g/mol. The van der Waals surface area contributed by atoms with E-state index < -0.39 is 15.8 Å². The van der Waals surface area contributed by atoms with Crippen LogP contribution in [0, 0.1) is 5.82 Å². The van der Waals surface area contributed by atoms with Crippen molar-refractivity contribution in [3.05, 3.63) is 53.4 Å². The minimum Gasteiger partial charge on any atom is -0.497 e. The molecule has 0 saturated carbocycles. The summed E-state index contributed by atoms with van der Waals surface area (Å²) in [5, 5.41) is 5.89. The predicted octanol–water partition coefficient (Wildman–Crippen LogP) is 3.47. The number of hydrogen-bond donors (Lipinski definition) is 4. The van der Waals surface area contributed by atoms with Crippen molar-refractivity contribution in [1.29, 1.82) is 0 Å². The molecule has 2 aromatic carbocycles. The normalized spacial score (nSPS) is 11.1. The summed E-state index contributed by atoms with van der Waals surface area (Å²) in [6, 6.07) is 8.89. The van der Waals surface area contributed by atoms with E-state index >= 15 is 0 Å². The van der Waals surface area contributed by atoms with Gasteiger partial charge in [-0.1, -0.05) is 11.6 Å². The molecular formula is C20H22ClFN6O4S. The zero-order valence-corrected chi connectivity index (χ0v) is 19.3. The van der Waals surface area contributed by atoms with Gasteiger partial charge in [0.25, 0.3) is 0 Å². The van der Waals surface area contributed by atoms with E-state index in [0.29, 0.717) is 23.7 Å². The van der Waals surface area contributed by atoms with E-state index in [0.717, 1.165) is 6.26 Å². The molecule has 0 aliphatic heterocycles. The number of aromatic nitrogens is 2. The maximum atomic E-state index is 14.3. The number of rotatable bonds is 10. The second kappa shape index (κ2) is 10.5. The molecule has 0 fully saturated rings. The Balaban J connectivity index is 1.89. The second-order valence-corrected chi connectivity index (χ2v) is 8.86. The molecule has 0 atom stereocenters. The number of benzene rings is 2. The zero-order chi connectivity index (χ0) is 24.0. The maximum Gasteiger partial charge on any atom is 0.229 e. The number of sulfonamides is 1. The molecule has 176 valence electrons. The molecule has 0 unspecified atom stereocenters. The molecule has 10 nitrogen and oxygen atoms in total. The Morgan fingerprint density at radius 3 is 2.52 bits per heavy atom. The molecule has 3 rings (SSSR count). The van der Waals surface area contributed by atoms with E-state index in [2.05, 4.69) is 25.3 Å². The Kier molecular flexibility index (Phi) is 7.74. The summed E-state index contributed by atoms with van der Waals surface area (Å²) < 4.78 is 50.8. The van der Waals surface area contributed by atoms with Gasteiger partial charge in [-0.25, -0.2) is 17.8 Å². The third-order valence-corrected chi connectivity index (χ3v) is 4.96. The lowest BCUT2D eigenvalue weighted by atomic mass is 10.2. The molecule has 0 aliphatic carbocycles. The van der Waals surface area contributed by atoms with Gasteiger partial charge in [-0.3, -0.25) is 4.72 Å². The van der Waals surface area contributed by atoms with Gasteiger partial charge in [-0.05, 0) is 24.3 Å². The molecule has 3 aromatic rings. The van der Waals surface area contributed by atoms with Crippen molar-refractivity contribution < 1.29 is 22.3 Å². The maximum absolute atomic E-state index is 14.3. The van der Waals surface area contributed by atoms with Crippen LogP contribution in [0.15, 0.2) is 42.6 Å². The third kappa shape index (κ3) is 6.81. The average Bonchev–Trinajstić information content (AvgIpc) is 2.76. The smallest absolute Gasteiger partial charge is 0.229 e. The molecule has 0 radical (unpaired) electrons. The first-order chi connectivity index (χ1) is 15.7. The molecule has 1 aromatic heterocycles. The Morgan fingerprint density at radius 1 is 1.09 bits per heavy atom. The number of nitrogens with one attached hydrogen (secondary N) is 3. The Labute approximate surface area is 195 Å². The van der Waals surface area contributed by atoms with Crippen molar-refractivity contribution in [3.8, 4) is 11.5 Å². The summed E-state index contributed by atoms with van der Waals surface area (Å²) in [6.45, 7) is 0.597. The SMILES string of the molecule is COc1ccc(Nc2nc(Nc3cc(OCCN)ccc3F)ncc2Cl)c(NS(C)(=O)=O)c1. The van der Waals surface area contributed by atoms with Crippen molar-refractivity contribution >= 4 is 50.5 Å². The first-order valence-corrected chi connectivity index (χ1v) is 11.8. The number of hydrogen-bond acceptors (Lipinski definition) is 9. The van der Waals surface area contributed by atoms with Crippen LogP contribution in [0.5, 0.6) is 11.5 Å². The number of nitrogens with zero attached hydrogens (tertiary/aromatic N) is 2. The summed E-state index contributed by atoms with van der Waals surface area (Å²) in [7, 11) is -2.12. The minimum absolute atomic E-state index is 0.0444. The van der Waals surface area contributed by atoms with Crippen molar-refractivity contribution in [2.45, 2.75) is 0 Å². The summed E-state index contributed by atoms with van der Waals surface area (Å²) in [5.41, 5.74) is 6.09. The molecule has 1 heterocycles. The largest absolute Gasteiger partial charge is 0.497 e. The highest BCUT2D eigenvalue weighted by Crippen LogP contribution is 2.33. The van der Waals surface area contributed by atoms with Crippen molar-refractivity contribution in [2.75, 3.05) is 41.9 Å². The van der Waals surface area contributed by atoms with Crippen LogP contribution >= 0.6 is 11.6 Å².